The Balaban J connectivity index is 2.30. The van der Waals surface area contributed by atoms with Crippen LogP contribution in [0.15, 0.2) is 35.1 Å². The summed E-state index contributed by atoms with van der Waals surface area (Å²) in [5, 5.41) is 13.1. The van der Waals surface area contributed by atoms with Crippen LogP contribution in [-0.4, -0.2) is 50.8 Å². The number of hydrogen-bond donors (Lipinski definition) is 2. The molecule has 0 aliphatic heterocycles. The Morgan fingerprint density at radius 1 is 1.34 bits per heavy atom. The quantitative estimate of drug-likeness (QED) is 0.470. The predicted octanol–water partition coefficient (Wildman–Crippen LogP) is 2.25. The van der Waals surface area contributed by atoms with Gasteiger partial charge in [0, 0.05) is 12.1 Å². The molecule has 1 heterocycles. The van der Waals surface area contributed by atoms with E-state index in [9.17, 15) is 19.5 Å². The summed E-state index contributed by atoms with van der Waals surface area (Å²) >= 11 is 6.29. The molecular weight excluding hydrogens is 400 g/mol. The highest BCUT2D eigenvalue weighted by Crippen LogP contribution is 2.26. The van der Waals surface area contributed by atoms with Gasteiger partial charge in [-0.25, -0.2) is 10.0 Å². The molecule has 0 aliphatic rings. The van der Waals surface area contributed by atoms with E-state index in [1.54, 1.807) is 51.1 Å². The smallest absolute Gasteiger partial charge is 0.323 e. The van der Waals surface area contributed by atoms with Crippen molar-refractivity contribution in [2.45, 2.75) is 32.9 Å². The van der Waals surface area contributed by atoms with Crippen molar-refractivity contribution in [3.63, 3.8) is 0 Å². The summed E-state index contributed by atoms with van der Waals surface area (Å²) in [6, 6.07) is 8.70. The SMILES string of the molecule is CC(C)(C)ON(C=O)CCNc1nc(Cl)c(-c2ccccc2)n(CC(=O)O)c1=O. The fourth-order valence-electron chi connectivity index (χ4n) is 2.57. The number of carboxylic acid groups (broad SMARTS) is 1. The standard InChI is InChI=1S/C19H23ClN4O5/c1-19(2,3)29-23(12-25)10-9-21-17-18(28)24(11-14(26)27)15(16(20)22-17)13-7-5-4-6-8-13/h4-8,12H,9-11H2,1-3H3,(H,21,22)(H,26,27). The van der Waals surface area contributed by atoms with E-state index < -0.39 is 23.7 Å². The molecule has 0 aliphatic carbocycles. The Hall–Kier alpha value is -2.91. The number of carbonyl (C=O) groups is 2. The van der Waals surface area contributed by atoms with Crippen LogP contribution in [0.3, 0.4) is 0 Å². The second-order valence-electron chi connectivity index (χ2n) is 7.13. The Kier molecular flexibility index (Phi) is 7.35. The Labute approximate surface area is 172 Å². The summed E-state index contributed by atoms with van der Waals surface area (Å²) in [6.45, 7) is 5.10. The first-order valence-electron chi connectivity index (χ1n) is 8.85. The highest BCUT2D eigenvalue weighted by Gasteiger charge is 2.20. The molecule has 0 unspecified atom stereocenters. The van der Waals surface area contributed by atoms with Gasteiger partial charge in [-0.15, -0.1) is 0 Å². The van der Waals surface area contributed by atoms with Crippen LogP contribution in [0.1, 0.15) is 20.8 Å². The molecule has 2 aromatic rings. The largest absolute Gasteiger partial charge is 0.480 e. The minimum Gasteiger partial charge on any atom is -0.480 e. The van der Waals surface area contributed by atoms with Gasteiger partial charge >= 0.3 is 5.97 Å². The van der Waals surface area contributed by atoms with Crippen LogP contribution in [0.4, 0.5) is 5.82 Å². The third-order valence-corrected chi connectivity index (χ3v) is 3.86. The van der Waals surface area contributed by atoms with Crippen molar-refractivity contribution in [1.29, 1.82) is 0 Å². The van der Waals surface area contributed by atoms with Gasteiger partial charge < -0.3 is 10.4 Å². The number of aromatic nitrogens is 2. The van der Waals surface area contributed by atoms with E-state index in [0.717, 1.165) is 9.63 Å². The number of hydroxylamine groups is 2. The molecule has 1 aromatic heterocycles. The molecule has 0 atom stereocenters. The van der Waals surface area contributed by atoms with Crippen molar-refractivity contribution in [3.05, 3.63) is 45.8 Å². The topological polar surface area (TPSA) is 114 Å². The van der Waals surface area contributed by atoms with Gasteiger partial charge in [-0.2, -0.15) is 0 Å². The second-order valence-corrected chi connectivity index (χ2v) is 7.49. The molecule has 0 saturated carbocycles. The highest BCUT2D eigenvalue weighted by molar-refractivity contribution is 6.32. The van der Waals surface area contributed by atoms with Gasteiger partial charge in [-0.3, -0.25) is 23.8 Å². The van der Waals surface area contributed by atoms with Gasteiger partial charge in [-0.05, 0) is 20.8 Å². The summed E-state index contributed by atoms with van der Waals surface area (Å²) in [5.41, 5.74) is -0.407. The maximum absolute atomic E-state index is 12.8. The molecule has 1 amide bonds. The Morgan fingerprint density at radius 2 is 2.00 bits per heavy atom. The Morgan fingerprint density at radius 3 is 2.55 bits per heavy atom. The zero-order valence-corrected chi connectivity index (χ0v) is 17.1. The number of amides is 1. The number of halogens is 1. The molecule has 156 valence electrons. The maximum Gasteiger partial charge on any atom is 0.323 e. The molecule has 29 heavy (non-hydrogen) atoms. The van der Waals surface area contributed by atoms with E-state index in [4.69, 9.17) is 16.4 Å². The number of carboxylic acids is 1. The number of nitrogens with zero attached hydrogens (tertiary/aromatic N) is 3. The fourth-order valence-corrected chi connectivity index (χ4v) is 2.86. The lowest BCUT2D eigenvalue weighted by atomic mass is 10.1. The third-order valence-electron chi connectivity index (χ3n) is 3.60. The first-order chi connectivity index (χ1) is 13.6. The van der Waals surface area contributed by atoms with Crippen molar-refractivity contribution >= 4 is 29.8 Å². The molecule has 1 aromatic carbocycles. The predicted molar refractivity (Wildman–Crippen MR) is 109 cm³/mol. The Bertz CT molecular complexity index is 925. The van der Waals surface area contributed by atoms with Gasteiger partial charge in [0.2, 0.25) is 6.41 Å². The van der Waals surface area contributed by atoms with E-state index in [1.807, 2.05) is 0 Å². The van der Waals surface area contributed by atoms with Gasteiger partial charge in [-0.1, -0.05) is 41.9 Å². The summed E-state index contributed by atoms with van der Waals surface area (Å²) in [4.78, 5) is 44.8. The molecule has 0 spiro atoms. The van der Waals surface area contributed by atoms with E-state index >= 15 is 0 Å². The van der Waals surface area contributed by atoms with Crippen molar-refractivity contribution in [1.82, 2.24) is 14.6 Å². The van der Waals surface area contributed by atoms with Crippen LogP contribution in [0.2, 0.25) is 5.15 Å². The van der Waals surface area contributed by atoms with E-state index in [0.29, 0.717) is 12.0 Å². The average molecular weight is 423 g/mol. The fraction of sp³-hybridized carbons (Fsp3) is 0.368. The molecule has 2 rings (SSSR count). The number of aliphatic carboxylic acids is 1. The molecule has 0 saturated heterocycles. The van der Waals surface area contributed by atoms with E-state index in [1.165, 1.54) is 0 Å². The van der Waals surface area contributed by atoms with E-state index in [-0.39, 0.29) is 29.8 Å². The van der Waals surface area contributed by atoms with Gasteiger partial charge in [0.05, 0.1) is 17.8 Å². The minimum absolute atomic E-state index is 0.0160. The van der Waals surface area contributed by atoms with Crippen LogP contribution < -0.4 is 10.9 Å². The number of nitrogens with one attached hydrogen (secondary N) is 1. The molecule has 0 fully saturated rings. The number of benzene rings is 1. The van der Waals surface area contributed by atoms with Gasteiger partial charge in [0.1, 0.15) is 6.54 Å². The van der Waals surface area contributed by atoms with Crippen molar-refractivity contribution < 1.29 is 19.5 Å². The lowest BCUT2D eigenvalue weighted by Crippen LogP contribution is -2.37. The third kappa shape index (κ3) is 6.30. The minimum atomic E-state index is -1.19. The molecule has 0 bridgehead atoms. The molecule has 2 N–H and O–H groups in total. The van der Waals surface area contributed by atoms with Crippen LogP contribution in [-0.2, 0) is 21.0 Å². The zero-order chi connectivity index (χ0) is 21.6. The van der Waals surface area contributed by atoms with Crippen molar-refractivity contribution in [3.8, 4) is 11.3 Å². The molecule has 0 radical (unpaired) electrons. The van der Waals surface area contributed by atoms with Crippen molar-refractivity contribution in [2.24, 2.45) is 0 Å². The van der Waals surface area contributed by atoms with Crippen molar-refractivity contribution in [2.75, 3.05) is 18.4 Å². The first-order valence-corrected chi connectivity index (χ1v) is 9.22. The van der Waals surface area contributed by atoms with Crippen LogP contribution in [0, 0.1) is 0 Å². The summed E-state index contributed by atoms with van der Waals surface area (Å²) < 4.78 is 1.05. The van der Waals surface area contributed by atoms with Crippen LogP contribution in [0.5, 0.6) is 0 Å². The number of hydrogen-bond acceptors (Lipinski definition) is 6. The summed E-state index contributed by atoms with van der Waals surface area (Å²) in [5.74, 6) is -1.30. The van der Waals surface area contributed by atoms with Crippen LogP contribution >= 0.6 is 11.6 Å². The second kappa shape index (κ2) is 9.53. The summed E-state index contributed by atoms with van der Waals surface area (Å²) in [7, 11) is 0. The number of rotatable bonds is 9. The normalized spacial score (nSPS) is 11.2. The summed E-state index contributed by atoms with van der Waals surface area (Å²) in [6.07, 6.45) is 0.536. The maximum atomic E-state index is 12.8. The molecule has 10 heteroatoms. The monoisotopic (exact) mass is 422 g/mol. The van der Waals surface area contributed by atoms with E-state index in [2.05, 4.69) is 10.3 Å². The zero-order valence-electron chi connectivity index (χ0n) is 16.4. The lowest BCUT2D eigenvalue weighted by molar-refractivity contribution is -0.214. The lowest BCUT2D eigenvalue weighted by Gasteiger charge is -2.26. The highest BCUT2D eigenvalue weighted by atomic mass is 35.5. The number of anilines is 1. The molecule has 9 nitrogen and oxygen atoms in total. The number of carbonyl (C=O) groups excluding carboxylic acids is 1. The first kappa shape index (κ1) is 22.4. The van der Waals surface area contributed by atoms with Crippen LogP contribution in [0.25, 0.3) is 11.3 Å². The van der Waals surface area contributed by atoms with Gasteiger partial charge in [0.15, 0.2) is 11.0 Å². The molecular formula is C19H23ClN4O5. The van der Waals surface area contributed by atoms with Gasteiger partial charge in [0.25, 0.3) is 5.56 Å². The average Bonchev–Trinajstić information content (AvgIpc) is 2.64.